The van der Waals surface area contributed by atoms with E-state index in [0.717, 1.165) is 6.42 Å². The van der Waals surface area contributed by atoms with Crippen LogP contribution in [0.25, 0.3) is 0 Å². The van der Waals surface area contributed by atoms with Crippen molar-refractivity contribution < 1.29 is 14.3 Å². The number of nitrogens with one attached hydrogen (secondary N) is 1. The number of nitrogens with zero attached hydrogens (tertiary/aromatic N) is 1. The Hall–Kier alpha value is -1.33. The van der Waals surface area contributed by atoms with Crippen LogP contribution in [0.2, 0.25) is 5.02 Å². The largest absolute Gasteiger partial charge is 0.395 e. The van der Waals surface area contributed by atoms with Crippen molar-refractivity contribution in [2.75, 3.05) is 19.7 Å². The first-order valence-corrected chi connectivity index (χ1v) is 6.98. The second-order valence-electron chi connectivity index (χ2n) is 4.55. The Labute approximate surface area is 123 Å². The van der Waals surface area contributed by atoms with Gasteiger partial charge in [0.25, 0.3) is 0 Å². The summed E-state index contributed by atoms with van der Waals surface area (Å²) in [6, 6.07) is 3.47. The fraction of sp³-hybridized carbons (Fsp3) is 0.500. The molecule has 0 aliphatic heterocycles. The highest BCUT2D eigenvalue weighted by Crippen LogP contribution is 2.23. The summed E-state index contributed by atoms with van der Waals surface area (Å²) < 4.78 is 13.0. The van der Waals surface area contributed by atoms with E-state index in [9.17, 15) is 9.18 Å². The third-order valence-electron chi connectivity index (χ3n) is 2.92. The third-order valence-corrected chi connectivity index (χ3v) is 3.25. The summed E-state index contributed by atoms with van der Waals surface area (Å²) in [5.41, 5.74) is 0.655. The molecule has 1 aromatic carbocycles. The number of rotatable bonds is 6. The lowest BCUT2D eigenvalue weighted by atomic mass is 10.1. The number of amides is 2. The lowest BCUT2D eigenvalue weighted by Gasteiger charge is -2.24. The Kier molecular flexibility index (Phi) is 6.75. The Morgan fingerprint density at radius 2 is 2.20 bits per heavy atom. The Morgan fingerprint density at radius 3 is 2.75 bits per heavy atom. The summed E-state index contributed by atoms with van der Waals surface area (Å²) in [5, 5.41) is 12.0. The molecule has 112 valence electrons. The number of carbonyl (C=O) groups excluding carboxylic acids is 1. The molecule has 0 spiro atoms. The number of carbonyl (C=O) groups is 1. The maximum Gasteiger partial charge on any atom is 0.317 e. The fourth-order valence-corrected chi connectivity index (χ4v) is 2.24. The summed E-state index contributed by atoms with van der Waals surface area (Å²) in [6.07, 6.45) is 0.805. The van der Waals surface area contributed by atoms with Gasteiger partial charge in [-0.25, -0.2) is 9.18 Å². The molecule has 0 radical (unpaired) electrons. The molecule has 1 rings (SSSR count). The van der Waals surface area contributed by atoms with Crippen molar-refractivity contribution in [2.45, 2.75) is 26.3 Å². The molecule has 0 saturated carbocycles. The molecule has 6 heteroatoms. The van der Waals surface area contributed by atoms with Crippen LogP contribution in [0, 0.1) is 5.82 Å². The van der Waals surface area contributed by atoms with Crippen LogP contribution >= 0.6 is 11.6 Å². The summed E-state index contributed by atoms with van der Waals surface area (Å²) in [4.78, 5) is 13.6. The molecular weight excluding hydrogens is 283 g/mol. The van der Waals surface area contributed by atoms with Gasteiger partial charge in [-0.3, -0.25) is 0 Å². The van der Waals surface area contributed by atoms with Crippen molar-refractivity contribution in [1.29, 1.82) is 0 Å². The fourth-order valence-electron chi connectivity index (χ4n) is 1.91. The maximum atomic E-state index is 13.0. The molecule has 1 aromatic rings. The van der Waals surface area contributed by atoms with E-state index >= 15 is 0 Å². The predicted octanol–water partition coefficient (Wildman–Crippen LogP) is 2.95. The molecule has 2 N–H and O–H groups in total. The minimum atomic E-state index is -0.412. The highest BCUT2D eigenvalue weighted by Gasteiger charge is 2.17. The summed E-state index contributed by atoms with van der Waals surface area (Å²) in [6.45, 7) is 4.50. The van der Waals surface area contributed by atoms with Crippen LogP contribution in [0.3, 0.4) is 0 Å². The molecule has 0 aliphatic rings. The molecule has 0 aromatic heterocycles. The zero-order valence-corrected chi connectivity index (χ0v) is 12.5. The van der Waals surface area contributed by atoms with Crippen LogP contribution in [0.4, 0.5) is 9.18 Å². The van der Waals surface area contributed by atoms with Crippen molar-refractivity contribution in [3.05, 3.63) is 34.6 Å². The molecule has 20 heavy (non-hydrogen) atoms. The number of halogens is 2. The molecule has 0 heterocycles. The highest BCUT2D eigenvalue weighted by molar-refractivity contribution is 6.31. The number of benzene rings is 1. The van der Waals surface area contributed by atoms with Gasteiger partial charge < -0.3 is 15.3 Å². The van der Waals surface area contributed by atoms with Gasteiger partial charge in [-0.05, 0) is 31.0 Å². The maximum absolute atomic E-state index is 13.0. The van der Waals surface area contributed by atoms with Crippen molar-refractivity contribution in [2.24, 2.45) is 0 Å². The van der Waals surface area contributed by atoms with Gasteiger partial charge in [0.15, 0.2) is 0 Å². The first-order valence-electron chi connectivity index (χ1n) is 6.60. The van der Waals surface area contributed by atoms with Gasteiger partial charge in [0.1, 0.15) is 5.82 Å². The van der Waals surface area contributed by atoms with Crippen LogP contribution in [-0.4, -0.2) is 35.7 Å². The summed E-state index contributed by atoms with van der Waals surface area (Å²) in [5.74, 6) is -0.412. The number of urea groups is 1. The first kappa shape index (κ1) is 16.7. The van der Waals surface area contributed by atoms with Gasteiger partial charge in [-0.1, -0.05) is 24.6 Å². The third kappa shape index (κ3) is 4.65. The summed E-state index contributed by atoms with van der Waals surface area (Å²) in [7, 11) is 0. The molecule has 0 fully saturated rings. The first-order chi connectivity index (χ1) is 9.49. The predicted molar refractivity (Wildman–Crippen MR) is 77.3 cm³/mol. The van der Waals surface area contributed by atoms with E-state index in [-0.39, 0.29) is 30.2 Å². The minimum Gasteiger partial charge on any atom is -0.395 e. The van der Waals surface area contributed by atoms with Gasteiger partial charge in [-0.15, -0.1) is 0 Å². The zero-order valence-electron chi connectivity index (χ0n) is 11.7. The topological polar surface area (TPSA) is 52.6 Å². The van der Waals surface area contributed by atoms with Crippen LogP contribution < -0.4 is 5.32 Å². The second kappa shape index (κ2) is 8.07. The molecule has 4 nitrogen and oxygen atoms in total. The van der Waals surface area contributed by atoms with E-state index < -0.39 is 5.82 Å². The van der Waals surface area contributed by atoms with E-state index in [1.54, 1.807) is 13.0 Å². The second-order valence-corrected chi connectivity index (χ2v) is 4.95. The lowest BCUT2D eigenvalue weighted by Crippen LogP contribution is -2.42. The van der Waals surface area contributed by atoms with Crippen LogP contribution in [0.5, 0.6) is 0 Å². The van der Waals surface area contributed by atoms with E-state index in [1.807, 2.05) is 6.92 Å². The van der Waals surface area contributed by atoms with Crippen molar-refractivity contribution in [1.82, 2.24) is 10.2 Å². The Balaban J connectivity index is 2.72. The lowest BCUT2D eigenvalue weighted by molar-refractivity contribution is 0.174. The average Bonchev–Trinajstić information content (AvgIpc) is 2.38. The van der Waals surface area contributed by atoms with E-state index in [1.165, 1.54) is 17.0 Å². The van der Waals surface area contributed by atoms with Gasteiger partial charge >= 0.3 is 6.03 Å². The van der Waals surface area contributed by atoms with Gasteiger partial charge in [-0.2, -0.15) is 0 Å². The van der Waals surface area contributed by atoms with Crippen LogP contribution in [0.15, 0.2) is 18.2 Å². The van der Waals surface area contributed by atoms with Crippen LogP contribution in [0.1, 0.15) is 31.9 Å². The SMILES string of the molecule is CCCN(CCO)C(=O)NC(C)c1ccc(F)cc1Cl. The summed E-state index contributed by atoms with van der Waals surface area (Å²) >= 11 is 5.96. The molecular formula is C14H20ClFN2O2. The number of hydrogen-bond donors (Lipinski definition) is 2. The molecule has 0 bridgehead atoms. The highest BCUT2D eigenvalue weighted by atomic mass is 35.5. The Bertz CT molecular complexity index is 451. The Morgan fingerprint density at radius 1 is 1.50 bits per heavy atom. The molecule has 0 saturated heterocycles. The van der Waals surface area contributed by atoms with Crippen molar-refractivity contribution in [3.63, 3.8) is 0 Å². The molecule has 0 aliphatic carbocycles. The van der Waals surface area contributed by atoms with E-state index in [4.69, 9.17) is 16.7 Å². The molecule has 2 amide bonds. The van der Waals surface area contributed by atoms with Gasteiger partial charge in [0, 0.05) is 18.1 Å². The monoisotopic (exact) mass is 302 g/mol. The quantitative estimate of drug-likeness (QED) is 0.849. The minimum absolute atomic E-state index is 0.0842. The van der Waals surface area contributed by atoms with Gasteiger partial charge in [0.2, 0.25) is 0 Å². The molecule has 1 atom stereocenters. The van der Waals surface area contributed by atoms with Gasteiger partial charge in [0.05, 0.1) is 12.6 Å². The normalized spacial score (nSPS) is 12.1. The van der Waals surface area contributed by atoms with E-state index in [2.05, 4.69) is 5.32 Å². The van der Waals surface area contributed by atoms with E-state index in [0.29, 0.717) is 12.1 Å². The number of aliphatic hydroxyl groups is 1. The number of hydrogen-bond acceptors (Lipinski definition) is 2. The zero-order chi connectivity index (χ0) is 15.1. The van der Waals surface area contributed by atoms with Crippen molar-refractivity contribution >= 4 is 17.6 Å². The number of aliphatic hydroxyl groups excluding tert-OH is 1. The average molecular weight is 303 g/mol. The smallest absolute Gasteiger partial charge is 0.317 e. The molecule has 1 unspecified atom stereocenters. The van der Waals surface area contributed by atoms with Crippen molar-refractivity contribution in [3.8, 4) is 0 Å². The standard InChI is InChI=1S/C14H20ClFN2O2/c1-3-6-18(7-8-19)14(20)17-10(2)12-5-4-11(16)9-13(12)15/h4-5,9-10,19H,3,6-8H2,1-2H3,(H,17,20). The van der Waals surface area contributed by atoms with Crippen LogP contribution in [-0.2, 0) is 0 Å².